The van der Waals surface area contributed by atoms with Gasteiger partial charge in [0.2, 0.25) is 0 Å². The average Bonchev–Trinajstić information content (AvgIpc) is 3.34. The molecule has 0 fully saturated rings. The van der Waals surface area contributed by atoms with E-state index in [-0.39, 0.29) is 24.3 Å². The van der Waals surface area contributed by atoms with E-state index in [1.165, 1.54) is 0 Å². The van der Waals surface area contributed by atoms with Crippen molar-refractivity contribution in [1.29, 1.82) is 0 Å². The topological polar surface area (TPSA) is 76.3 Å². The molecule has 0 aliphatic carbocycles. The van der Waals surface area contributed by atoms with Crippen LogP contribution in [0.3, 0.4) is 0 Å². The number of nitrogens with zero attached hydrogens (tertiary/aromatic N) is 2. The van der Waals surface area contributed by atoms with Crippen LogP contribution in [0.25, 0.3) is 33.0 Å². The molecule has 0 bridgehead atoms. The molecule has 2 N–H and O–H groups in total. The van der Waals surface area contributed by atoms with E-state index in [0.29, 0.717) is 17.7 Å². The van der Waals surface area contributed by atoms with Crippen LogP contribution < -0.4 is 5.32 Å². The fourth-order valence-corrected chi connectivity index (χ4v) is 5.65. The molecule has 0 saturated carbocycles. The normalized spacial score (nSPS) is 18.8. The monoisotopic (exact) mass is 439 g/mol. The Kier molecular flexibility index (Phi) is 4.52. The first kappa shape index (κ1) is 20.0. The van der Waals surface area contributed by atoms with Gasteiger partial charge in [0.05, 0.1) is 11.1 Å². The first-order valence-corrected chi connectivity index (χ1v) is 11.4. The number of hydrogen-bond acceptors (Lipinski definition) is 3. The summed E-state index contributed by atoms with van der Waals surface area (Å²) >= 11 is 0. The van der Waals surface area contributed by atoms with E-state index in [1.54, 1.807) is 0 Å². The van der Waals surface area contributed by atoms with Crippen LogP contribution >= 0.6 is 0 Å². The van der Waals surface area contributed by atoms with Crippen LogP contribution in [-0.2, 0) is 29.6 Å². The zero-order valence-electron chi connectivity index (χ0n) is 18.5. The van der Waals surface area contributed by atoms with E-state index in [2.05, 4.69) is 16.0 Å². The minimum atomic E-state index is -0.350. The summed E-state index contributed by atoms with van der Waals surface area (Å²) in [4.78, 5) is 26.5. The van der Waals surface area contributed by atoms with Gasteiger partial charge >= 0.3 is 0 Å². The van der Waals surface area contributed by atoms with Crippen LogP contribution in [-0.4, -0.2) is 32.7 Å². The summed E-state index contributed by atoms with van der Waals surface area (Å²) in [5, 5.41) is 14.4. The number of benzene rings is 2. The minimum Gasteiger partial charge on any atom is -0.396 e. The van der Waals surface area contributed by atoms with Gasteiger partial charge in [0, 0.05) is 65.0 Å². The fraction of sp³-hybridized carbons (Fsp3) is 0.259. The summed E-state index contributed by atoms with van der Waals surface area (Å²) in [5.41, 5.74) is 5.66. The number of aliphatic hydroxyl groups is 1. The summed E-state index contributed by atoms with van der Waals surface area (Å²) in [6, 6.07) is 16.0. The second kappa shape index (κ2) is 7.46. The number of carbonyl (C=O) groups excluding carboxylic acids is 2. The molecule has 0 saturated heterocycles. The summed E-state index contributed by atoms with van der Waals surface area (Å²) in [5.74, 6) is -0.511. The largest absolute Gasteiger partial charge is 0.396 e. The molecule has 4 aromatic rings. The van der Waals surface area contributed by atoms with E-state index >= 15 is 0 Å². The Bertz CT molecular complexity index is 1490. The third-order valence-electron chi connectivity index (χ3n) is 7.15. The molecule has 0 spiro atoms. The van der Waals surface area contributed by atoms with Gasteiger partial charge in [-0.3, -0.25) is 14.9 Å². The number of rotatable bonds is 3. The van der Waals surface area contributed by atoms with Gasteiger partial charge in [0.1, 0.15) is 0 Å². The zero-order chi connectivity index (χ0) is 22.7. The summed E-state index contributed by atoms with van der Waals surface area (Å²) < 4.78 is 4.25. The highest BCUT2D eigenvalue weighted by Crippen LogP contribution is 2.42. The van der Waals surface area contributed by atoms with Gasteiger partial charge in [0.25, 0.3) is 11.8 Å². The predicted octanol–water partition coefficient (Wildman–Crippen LogP) is 3.65. The number of hydrogen-bond donors (Lipinski definition) is 2. The second-order valence-corrected chi connectivity index (χ2v) is 9.09. The van der Waals surface area contributed by atoms with Crippen molar-refractivity contribution < 1.29 is 14.7 Å². The van der Waals surface area contributed by atoms with Crippen molar-refractivity contribution in [2.45, 2.75) is 25.8 Å². The molecule has 2 aromatic heterocycles. The Balaban J connectivity index is 1.69. The molecule has 2 aliphatic heterocycles. The molecular formula is C27H25N3O3. The van der Waals surface area contributed by atoms with Gasteiger partial charge in [-0.05, 0) is 37.3 Å². The minimum absolute atomic E-state index is 0.143. The van der Waals surface area contributed by atoms with Crippen LogP contribution in [0.4, 0.5) is 0 Å². The van der Waals surface area contributed by atoms with Gasteiger partial charge in [-0.2, -0.15) is 0 Å². The summed E-state index contributed by atoms with van der Waals surface area (Å²) in [6.07, 6.45) is 4.61. The Morgan fingerprint density at radius 1 is 0.970 bits per heavy atom. The molecule has 6 rings (SSSR count). The molecule has 1 unspecified atom stereocenters. The molecular weight excluding hydrogens is 414 g/mol. The van der Waals surface area contributed by atoms with Crippen molar-refractivity contribution in [1.82, 2.24) is 14.5 Å². The summed E-state index contributed by atoms with van der Waals surface area (Å²) in [6.45, 7) is 0.850. The highest BCUT2D eigenvalue weighted by Gasteiger charge is 2.37. The molecule has 1 atom stereocenters. The maximum absolute atomic E-state index is 13.3. The maximum Gasteiger partial charge on any atom is 0.259 e. The number of aromatic nitrogens is 2. The van der Waals surface area contributed by atoms with E-state index in [9.17, 15) is 14.7 Å². The van der Waals surface area contributed by atoms with Crippen LogP contribution in [0.5, 0.6) is 0 Å². The first-order chi connectivity index (χ1) is 16.1. The lowest BCUT2D eigenvalue weighted by molar-refractivity contribution is -0.122. The number of aliphatic hydroxyl groups excluding tert-OH is 1. The smallest absolute Gasteiger partial charge is 0.259 e. The molecule has 2 amide bonds. The van der Waals surface area contributed by atoms with Crippen molar-refractivity contribution in [3.8, 4) is 0 Å². The lowest BCUT2D eigenvalue weighted by Gasteiger charge is -2.13. The Morgan fingerprint density at radius 3 is 2.45 bits per heavy atom. The number of para-hydroxylation sites is 2. The highest BCUT2D eigenvalue weighted by molar-refractivity contribution is 6.51. The van der Waals surface area contributed by atoms with Crippen molar-refractivity contribution >= 4 is 44.8 Å². The maximum atomic E-state index is 13.3. The highest BCUT2D eigenvalue weighted by atomic mass is 16.3. The van der Waals surface area contributed by atoms with E-state index < -0.39 is 0 Å². The van der Waals surface area contributed by atoms with E-state index in [1.807, 2.05) is 60.3 Å². The molecule has 166 valence electrons. The molecule has 6 heteroatoms. The quantitative estimate of drug-likeness (QED) is 0.479. The van der Waals surface area contributed by atoms with Crippen molar-refractivity contribution in [2.75, 3.05) is 6.61 Å². The number of nitrogens with one attached hydrogen (secondary N) is 1. The second-order valence-electron chi connectivity index (χ2n) is 9.09. The number of fused-ring (bicyclic) bond motifs is 4. The third-order valence-corrected chi connectivity index (χ3v) is 7.15. The fourth-order valence-electron chi connectivity index (χ4n) is 5.65. The van der Waals surface area contributed by atoms with Crippen LogP contribution in [0.1, 0.15) is 29.7 Å². The number of imide groups is 1. The summed E-state index contributed by atoms with van der Waals surface area (Å²) in [7, 11) is 1.95. The Morgan fingerprint density at radius 2 is 1.67 bits per heavy atom. The average molecular weight is 440 g/mol. The first-order valence-electron chi connectivity index (χ1n) is 11.4. The van der Waals surface area contributed by atoms with Gasteiger partial charge < -0.3 is 14.2 Å². The van der Waals surface area contributed by atoms with Crippen LogP contribution in [0.2, 0.25) is 0 Å². The van der Waals surface area contributed by atoms with Gasteiger partial charge in [-0.25, -0.2) is 0 Å². The molecule has 4 heterocycles. The standard InChI is InChI=1S/C27H25N3O3/c1-29-14-19(17-8-2-4-10-20(17)29)24-25(27(33)28-26(24)32)23-18-9-3-5-11-21(18)30-13-16(15-31)7-6-12-22(23)30/h2-5,8-11,14,16,31H,6-7,12-13,15H2,1H3,(H,28,32,33). The molecule has 0 radical (unpaired) electrons. The number of amides is 2. The molecule has 2 aliphatic rings. The predicted molar refractivity (Wildman–Crippen MR) is 128 cm³/mol. The molecule has 33 heavy (non-hydrogen) atoms. The van der Waals surface area contributed by atoms with Crippen LogP contribution in [0.15, 0.2) is 54.7 Å². The van der Waals surface area contributed by atoms with Crippen molar-refractivity contribution in [2.24, 2.45) is 13.0 Å². The van der Waals surface area contributed by atoms with Crippen molar-refractivity contribution in [3.05, 3.63) is 71.5 Å². The Labute approximate surface area is 191 Å². The lowest BCUT2D eigenvalue weighted by atomic mass is 9.92. The van der Waals surface area contributed by atoms with Crippen molar-refractivity contribution in [3.63, 3.8) is 0 Å². The lowest BCUT2D eigenvalue weighted by Crippen LogP contribution is -2.23. The number of aryl methyl sites for hydroxylation is 1. The number of carbonyl (C=O) groups is 2. The SMILES string of the molecule is Cn1cc(C2=C(c3c4n(c5ccccc35)CC(CO)CCC4)C(=O)NC2=O)c2ccccc21. The van der Waals surface area contributed by atoms with Gasteiger partial charge in [-0.1, -0.05) is 36.4 Å². The third kappa shape index (κ3) is 2.91. The van der Waals surface area contributed by atoms with Gasteiger partial charge in [-0.15, -0.1) is 0 Å². The van der Waals surface area contributed by atoms with Gasteiger partial charge in [0.15, 0.2) is 0 Å². The van der Waals surface area contributed by atoms with Crippen LogP contribution in [0, 0.1) is 5.92 Å². The molecule has 2 aromatic carbocycles. The zero-order valence-corrected chi connectivity index (χ0v) is 18.5. The van der Waals surface area contributed by atoms with E-state index in [0.717, 1.165) is 57.9 Å². The molecule has 6 nitrogen and oxygen atoms in total. The van der Waals surface area contributed by atoms with E-state index in [4.69, 9.17) is 0 Å². The Hall–Kier alpha value is -3.64.